The van der Waals surface area contributed by atoms with Gasteiger partial charge in [-0.15, -0.1) is 0 Å². The average Bonchev–Trinajstić information content (AvgIpc) is 3.13. The highest BCUT2D eigenvalue weighted by molar-refractivity contribution is 7.89. The van der Waals surface area contributed by atoms with Gasteiger partial charge in [-0.2, -0.15) is 4.72 Å². The molecule has 0 aliphatic carbocycles. The summed E-state index contributed by atoms with van der Waals surface area (Å²) in [6, 6.07) is 30.1. The summed E-state index contributed by atoms with van der Waals surface area (Å²) in [5, 5.41) is 12.5. The molecule has 4 aromatic carbocycles. The molecule has 0 unspecified atom stereocenters. The van der Waals surface area contributed by atoms with Crippen LogP contribution in [0.4, 0.5) is 5.69 Å². The van der Waals surface area contributed by atoms with Crippen LogP contribution in [-0.4, -0.2) is 56.1 Å². The summed E-state index contributed by atoms with van der Waals surface area (Å²) in [6.07, 6.45) is 6.31. The van der Waals surface area contributed by atoms with E-state index >= 15 is 0 Å². The number of aryl methyl sites for hydroxylation is 1. The Kier molecular flexibility index (Phi) is 12.7. The molecule has 3 N–H and O–H groups in total. The topological polar surface area (TPSA) is 117 Å². The smallest absolute Gasteiger partial charge is 0.242 e. The van der Waals surface area contributed by atoms with E-state index in [1.165, 1.54) is 44.2 Å². The average molecular weight is 712 g/mol. The minimum atomic E-state index is -3.97. The van der Waals surface area contributed by atoms with Crippen LogP contribution in [0.3, 0.4) is 0 Å². The van der Waals surface area contributed by atoms with Crippen molar-refractivity contribution in [2.75, 3.05) is 25.0 Å². The normalized spacial score (nSPS) is 20.9. The van der Waals surface area contributed by atoms with Gasteiger partial charge in [0.15, 0.2) is 6.29 Å². The van der Waals surface area contributed by atoms with E-state index in [2.05, 4.69) is 14.9 Å². The zero-order chi connectivity index (χ0) is 35.6. The second kappa shape index (κ2) is 17.5. The third-order valence-electron chi connectivity index (χ3n) is 9.70. The molecule has 9 nitrogen and oxygen atoms in total. The van der Waals surface area contributed by atoms with E-state index < -0.39 is 28.3 Å². The number of ether oxygens (including phenoxy) is 2. The minimum absolute atomic E-state index is 0.0103. The molecule has 0 aromatic heterocycles. The number of amides is 1. The molecule has 0 bridgehead atoms. The van der Waals surface area contributed by atoms with Crippen molar-refractivity contribution in [3.05, 3.63) is 131 Å². The van der Waals surface area contributed by atoms with Crippen molar-refractivity contribution < 1.29 is 27.8 Å². The maximum Gasteiger partial charge on any atom is 0.242 e. The number of hydrogen-bond acceptors (Lipinski definition) is 7. The third-order valence-corrected chi connectivity index (χ3v) is 11.2. The van der Waals surface area contributed by atoms with Gasteiger partial charge in [0.05, 0.1) is 23.7 Å². The number of anilines is 1. The van der Waals surface area contributed by atoms with Gasteiger partial charge in [0.1, 0.15) is 6.04 Å². The fourth-order valence-electron chi connectivity index (χ4n) is 6.78. The number of carbonyl (C=O) groups excluding carboxylic acids is 1. The molecule has 4 aromatic rings. The molecule has 4 atom stereocenters. The Morgan fingerprint density at radius 3 is 2.12 bits per heavy atom. The van der Waals surface area contributed by atoms with E-state index in [-0.39, 0.29) is 30.1 Å². The Hall–Kier alpha value is -3.90. The zero-order valence-corrected chi connectivity index (χ0v) is 30.1. The minimum Gasteiger partial charge on any atom is -0.392 e. The molecular weight excluding hydrogens is 663 g/mol. The summed E-state index contributed by atoms with van der Waals surface area (Å²) in [4.78, 5) is 16.3. The maximum absolute atomic E-state index is 13.7. The molecule has 51 heavy (non-hydrogen) atoms. The number of benzene rings is 4. The van der Waals surface area contributed by atoms with Crippen molar-refractivity contribution in [3.63, 3.8) is 0 Å². The Labute approximate surface area is 302 Å². The van der Waals surface area contributed by atoms with E-state index in [0.717, 1.165) is 53.9 Å². The van der Waals surface area contributed by atoms with Gasteiger partial charge in [0.2, 0.25) is 15.9 Å². The fourth-order valence-corrected chi connectivity index (χ4v) is 7.98. The molecule has 6 rings (SSSR count). The maximum atomic E-state index is 13.7. The van der Waals surface area contributed by atoms with Crippen LogP contribution in [0, 0.1) is 6.92 Å². The van der Waals surface area contributed by atoms with Gasteiger partial charge in [0.25, 0.3) is 0 Å². The highest BCUT2D eigenvalue weighted by Gasteiger charge is 2.33. The van der Waals surface area contributed by atoms with Gasteiger partial charge < -0.3 is 24.8 Å². The van der Waals surface area contributed by atoms with Crippen molar-refractivity contribution >= 4 is 21.6 Å². The van der Waals surface area contributed by atoms with Gasteiger partial charge in [0, 0.05) is 24.2 Å². The van der Waals surface area contributed by atoms with E-state index in [4.69, 9.17) is 9.47 Å². The van der Waals surface area contributed by atoms with Crippen LogP contribution in [-0.2, 0) is 37.3 Å². The Balaban J connectivity index is 1.17. The highest BCUT2D eigenvalue weighted by atomic mass is 32.2. The van der Waals surface area contributed by atoms with Gasteiger partial charge in [-0.3, -0.25) is 4.79 Å². The van der Waals surface area contributed by atoms with Crippen LogP contribution in [0.1, 0.15) is 78.7 Å². The molecular formula is C41H49N3O6S. The van der Waals surface area contributed by atoms with Crippen LogP contribution >= 0.6 is 0 Å². The zero-order valence-electron chi connectivity index (χ0n) is 29.2. The molecule has 0 spiro atoms. The number of nitrogens with zero attached hydrogens (tertiary/aromatic N) is 1. The Morgan fingerprint density at radius 2 is 1.45 bits per heavy atom. The standard InChI is InChI=1S/C41H49N3O6S/c1-30-12-22-37(23-13-30)51(47,48)43-38(26-31-10-6-5-7-11-31)40(46)42-35-20-18-34(19-21-35)41-49-36(28-44-24-8-3-2-4-9-25-44)27-39(50-41)33-16-14-32(29-45)15-17-33/h5-7,10-23,36,38-39,41,43,45H,2-4,8-9,24-29H2,1H3,(H,42,46)/t36-,38+,39+,41+/m0/s1. The number of aliphatic hydroxyl groups excluding tert-OH is 1. The number of carbonyl (C=O) groups is 1. The van der Waals surface area contributed by atoms with E-state index in [9.17, 15) is 18.3 Å². The van der Waals surface area contributed by atoms with E-state index in [1.807, 2.05) is 73.7 Å². The van der Waals surface area contributed by atoms with Crippen molar-refractivity contribution in [1.29, 1.82) is 0 Å². The fraction of sp³-hybridized carbons (Fsp3) is 0.390. The molecule has 2 aliphatic rings. The lowest BCUT2D eigenvalue weighted by Gasteiger charge is -2.38. The first kappa shape index (κ1) is 36.9. The molecule has 2 fully saturated rings. The van der Waals surface area contributed by atoms with Gasteiger partial charge in [-0.1, -0.05) is 104 Å². The molecule has 2 saturated heterocycles. The second-order valence-corrected chi connectivity index (χ2v) is 15.4. The number of aliphatic hydroxyl groups is 1. The van der Waals surface area contributed by atoms with Crippen LogP contribution in [0.25, 0.3) is 0 Å². The van der Waals surface area contributed by atoms with Crippen LogP contribution in [0.15, 0.2) is 108 Å². The van der Waals surface area contributed by atoms with Gasteiger partial charge in [-0.25, -0.2) is 8.42 Å². The number of sulfonamides is 1. The quantitative estimate of drug-likeness (QED) is 0.148. The molecule has 270 valence electrons. The summed E-state index contributed by atoms with van der Waals surface area (Å²) in [5.41, 5.74) is 5.02. The summed E-state index contributed by atoms with van der Waals surface area (Å²) >= 11 is 0. The van der Waals surface area contributed by atoms with Crippen molar-refractivity contribution in [2.45, 2.75) is 87.9 Å². The highest BCUT2D eigenvalue weighted by Crippen LogP contribution is 2.38. The lowest BCUT2D eigenvalue weighted by atomic mass is 9.99. The summed E-state index contributed by atoms with van der Waals surface area (Å²) in [7, 11) is -3.97. The lowest BCUT2D eigenvalue weighted by Crippen LogP contribution is -2.45. The van der Waals surface area contributed by atoms with Crippen molar-refractivity contribution in [2.24, 2.45) is 0 Å². The molecule has 2 aliphatic heterocycles. The summed E-state index contributed by atoms with van der Waals surface area (Å²) in [5.74, 6) is -0.466. The second-order valence-electron chi connectivity index (χ2n) is 13.7. The van der Waals surface area contributed by atoms with Gasteiger partial charge in [-0.05, 0) is 80.2 Å². The predicted molar refractivity (Wildman–Crippen MR) is 198 cm³/mol. The Morgan fingerprint density at radius 1 is 0.804 bits per heavy atom. The number of nitrogens with one attached hydrogen (secondary N) is 2. The van der Waals surface area contributed by atoms with Crippen molar-refractivity contribution in [3.8, 4) is 0 Å². The molecule has 10 heteroatoms. The van der Waals surface area contributed by atoms with Crippen LogP contribution in [0.5, 0.6) is 0 Å². The van der Waals surface area contributed by atoms with Gasteiger partial charge >= 0.3 is 0 Å². The van der Waals surface area contributed by atoms with E-state index in [0.29, 0.717) is 5.69 Å². The third kappa shape index (κ3) is 10.3. The van der Waals surface area contributed by atoms with Crippen LogP contribution in [0.2, 0.25) is 0 Å². The lowest BCUT2D eigenvalue weighted by molar-refractivity contribution is -0.253. The molecule has 1 amide bonds. The first-order valence-electron chi connectivity index (χ1n) is 18.0. The largest absolute Gasteiger partial charge is 0.392 e. The number of rotatable bonds is 12. The Bertz CT molecular complexity index is 1790. The van der Waals surface area contributed by atoms with Crippen molar-refractivity contribution in [1.82, 2.24) is 9.62 Å². The number of hydrogen-bond donors (Lipinski definition) is 3. The molecule has 0 saturated carbocycles. The molecule has 0 radical (unpaired) electrons. The van der Waals surface area contributed by atoms with Crippen LogP contribution < -0.4 is 10.0 Å². The van der Waals surface area contributed by atoms with E-state index in [1.54, 1.807) is 24.3 Å². The SMILES string of the molecule is Cc1ccc(S(=O)(=O)N[C@H](Cc2ccccc2)C(=O)Nc2ccc([C@@H]3O[C@H](CN4CCCCCCC4)C[C@H](c4ccc(CO)cc4)O3)cc2)cc1. The predicted octanol–water partition coefficient (Wildman–Crippen LogP) is 6.83. The summed E-state index contributed by atoms with van der Waals surface area (Å²) in [6.45, 7) is 4.85. The monoisotopic (exact) mass is 711 g/mol. The number of likely N-dealkylation sites (tertiary alicyclic amines) is 1. The molecule has 2 heterocycles. The first-order valence-corrected chi connectivity index (χ1v) is 19.5. The summed E-state index contributed by atoms with van der Waals surface area (Å²) < 4.78 is 42.5. The first-order chi connectivity index (χ1) is 24.8.